The first-order valence-electron chi connectivity index (χ1n) is 14.1. The third-order valence-corrected chi connectivity index (χ3v) is 6.34. The maximum Gasteiger partial charge on any atom is 0.226 e. The highest BCUT2D eigenvalue weighted by Gasteiger charge is 2.04. The number of nitrogens with zero attached hydrogens (tertiary/aromatic N) is 2. The number of rotatable bonds is 25. The van der Waals surface area contributed by atoms with Crippen molar-refractivity contribution in [1.29, 1.82) is 0 Å². The second-order valence-electron chi connectivity index (χ2n) is 9.71. The molecule has 0 aromatic carbocycles. The van der Waals surface area contributed by atoms with Crippen molar-refractivity contribution in [2.75, 3.05) is 20.6 Å². The largest absolute Gasteiger partial charge is 0.381 e. The summed E-state index contributed by atoms with van der Waals surface area (Å²) in [5.74, 6) is 0.219. The predicted molar refractivity (Wildman–Crippen MR) is 152 cm³/mol. The van der Waals surface area contributed by atoms with Crippen LogP contribution >= 0.6 is 0 Å². The molecule has 0 spiro atoms. The lowest BCUT2D eigenvalue weighted by atomic mass is 10.0. The molecule has 0 rings (SSSR count). The zero-order valence-corrected chi connectivity index (χ0v) is 22.8. The highest BCUT2D eigenvalue weighted by Crippen LogP contribution is 2.14. The fourth-order valence-corrected chi connectivity index (χ4v) is 4.10. The van der Waals surface area contributed by atoms with E-state index in [1.54, 1.807) is 4.90 Å². The van der Waals surface area contributed by atoms with Gasteiger partial charge in [-0.15, -0.1) is 13.2 Å². The number of allylic oxidation sites excluding steroid dienone is 4. The van der Waals surface area contributed by atoms with Gasteiger partial charge in [-0.2, -0.15) is 0 Å². The summed E-state index contributed by atoms with van der Waals surface area (Å²) in [6.07, 6.45) is 35.9. The van der Waals surface area contributed by atoms with Crippen LogP contribution in [0.5, 0.6) is 0 Å². The van der Waals surface area contributed by atoms with Crippen LogP contribution in [-0.4, -0.2) is 36.3 Å². The molecule has 0 aromatic heterocycles. The van der Waals surface area contributed by atoms with Gasteiger partial charge in [0.25, 0.3) is 0 Å². The summed E-state index contributed by atoms with van der Waals surface area (Å²) >= 11 is 0. The van der Waals surface area contributed by atoms with Crippen molar-refractivity contribution in [1.82, 2.24) is 9.80 Å². The predicted octanol–water partition coefficient (Wildman–Crippen LogP) is 9.19. The molecule has 0 bridgehead atoms. The molecule has 1 amide bonds. The van der Waals surface area contributed by atoms with E-state index in [1.165, 1.54) is 103 Å². The van der Waals surface area contributed by atoms with Gasteiger partial charge in [0.2, 0.25) is 5.91 Å². The highest BCUT2D eigenvalue weighted by molar-refractivity contribution is 5.76. The number of unbranched alkanes of at least 4 members (excludes halogenated alkanes) is 15. The van der Waals surface area contributed by atoms with E-state index in [2.05, 4.69) is 37.4 Å². The molecule has 0 radical (unpaired) electrons. The van der Waals surface area contributed by atoms with Gasteiger partial charge in [0.15, 0.2) is 0 Å². The first-order valence-corrected chi connectivity index (χ1v) is 14.1. The zero-order chi connectivity index (χ0) is 25.1. The Morgan fingerprint density at radius 3 is 1.41 bits per heavy atom. The van der Waals surface area contributed by atoms with Crippen LogP contribution in [0.2, 0.25) is 0 Å². The number of hydrogen-bond acceptors (Lipinski definition) is 2. The fraction of sp³-hybridized carbons (Fsp3) is 0.710. The normalized spacial score (nSPS) is 11.4. The van der Waals surface area contributed by atoms with E-state index in [9.17, 15) is 4.79 Å². The molecule has 0 aliphatic heterocycles. The number of carbonyl (C=O) groups excluding carboxylic acids is 1. The van der Waals surface area contributed by atoms with E-state index in [0.29, 0.717) is 6.42 Å². The van der Waals surface area contributed by atoms with E-state index in [-0.39, 0.29) is 5.91 Å². The summed E-state index contributed by atoms with van der Waals surface area (Å²) < 4.78 is 0. The van der Waals surface area contributed by atoms with E-state index in [4.69, 9.17) is 0 Å². The molecular formula is C31H56N2O. The molecule has 0 saturated carbocycles. The van der Waals surface area contributed by atoms with Crippen molar-refractivity contribution in [2.45, 2.75) is 122 Å². The second kappa shape index (κ2) is 25.8. The van der Waals surface area contributed by atoms with Crippen molar-refractivity contribution in [3.8, 4) is 0 Å². The highest BCUT2D eigenvalue weighted by atomic mass is 16.2. The number of amides is 1. The summed E-state index contributed by atoms with van der Waals surface area (Å²) in [4.78, 5) is 16.0. The lowest BCUT2D eigenvalue weighted by Gasteiger charge is -2.13. The molecule has 0 heterocycles. The smallest absolute Gasteiger partial charge is 0.226 e. The molecule has 0 saturated heterocycles. The topological polar surface area (TPSA) is 23.6 Å². The third-order valence-electron chi connectivity index (χ3n) is 6.34. The minimum absolute atomic E-state index is 0.219. The third kappa shape index (κ3) is 23.4. The Morgan fingerprint density at radius 2 is 0.971 bits per heavy atom. The Labute approximate surface area is 213 Å². The first-order chi connectivity index (χ1) is 16.6. The first kappa shape index (κ1) is 32.2. The second-order valence-corrected chi connectivity index (χ2v) is 9.71. The molecule has 0 unspecified atom stereocenters. The molecule has 3 heteroatoms. The number of hydrogen-bond donors (Lipinski definition) is 0. The van der Waals surface area contributed by atoms with E-state index < -0.39 is 0 Å². The van der Waals surface area contributed by atoms with Gasteiger partial charge in [-0.25, -0.2) is 0 Å². The summed E-state index contributed by atoms with van der Waals surface area (Å²) in [6, 6.07) is 0. The quantitative estimate of drug-likeness (QED) is 0.0976. The zero-order valence-electron chi connectivity index (χ0n) is 22.8. The average Bonchev–Trinajstić information content (AvgIpc) is 2.83. The van der Waals surface area contributed by atoms with Crippen LogP contribution in [-0.2, 0) is 4.79 Å². The molecule has 0 aromatic rings. The van der Waals surface area contributed by atoms with Gasteiger partial charge in [-0.3, -0.25) is 4.79 Å². The molecule has 196 valence electrons. The standard InChI is InChI=1S/C31H56N2O/c1-5-7-24-28-32(3)29-26-22-20-18-16-14-12-10-9-11-13-15-17-19-21-23-27-31(34)33(4)30-25-8-6-2/h5-6,24-25,28,30H,1-2,7-23,26-27,29H2,3-4H3/b28-24+,30-25+. The molecule has 3 nitrogen and oxygen atoms in total. The van der Waals surface area contributed by atoms with Crippen molar-refractivity contribution in [3.63, 3.8) is 0 Å². The van der Waals surface area contributed by atoms with Crippen LogP contribution in [0.15, 0.2) is 49.9 Å². The maximum atomic E-state index is 12.0. The lowest BCUT2D eigenvalue weighted by molar-refractivity contribution is -0.127. The van der Waals surface area contributed by atoms with Crippen molar-refractivity contribution in [2.24, 2.45) is 0 Å². The van der Waals surface area contributed by atoms with Gasteiger partial charge < -0.3 is 9.80 Å². The summed E-state index contributed by atoms with van der Waals surface area (Å²) in [6.45, 7) is 8.59. The molecule has 0 aliphatic carbocycles. The van der Waals surface area contributed by atoms with E-state index >= 15 is 0 Å². The molecule has 0 aliphatic rings. The molecular weight excluding hydrogens is 416 g/mol. The Bertz CT molecular complexity index is 538. The number of carbonyl (C=O) groups is 1. The Kier molecular flexibility index (Phi) is 24.5. The SMILES string of the molecule is C=CC/C=C/N(C)CCCCCCCCCCCCCCCCCCC(=O)N(C)/C=C/CC=C. The van der Waals surface area contributed by atoms with Gasteiger partial charge in [-0.05, 0) is 31.9 Å². The van der Waals surface area contributed by atoms with Crippen LogP contribution in [0, 0.1) is 0 Å². The van der Waals surface area contributed by atoms with Gasteiger partial charge in [0.05, 0.1) is 0 Å². The van der Waals surface area contributed by atoms with E-state index in [0.717, 1.165) is 19.3 Å². The van der Waals surface area contributed by atoms with Crippen LogP contribution in [0.3, 0.4) is 0 Å². The average molecular weight is 473 g/mol. The lowest BCUT2D eigenvalue weighted by Crippen LogP contribution is -2.20. The Balaban J connectivity index is 3.27. The summed E-state index contributed by atoms with van der Waals surface area (Å²) in [5.41, 5.74) is 0. The van der Waals surface area contributed by atoms with Gasteiger partial charge in [0.1, 0.15) is 0 Å². The van der Waals surface area contributed by atoms with Crippen molar-refractivity contribution < 1.29 is 4.79 Å². The minimum atomic E-state index is 0.219. The molecule has 34 heavy (non-hydrogen) atoms. The minimum Gasteiger partial charge on any atom is -0.381 e. The van der Waals surface area contributed by atoms with Crippen LogP contribution < -0.4 is 0 Å². The molecule has 0 atom stereocenters. The summed E-state index contributed by atoms with van der Waals surface area (Å²) in [5, 5.41) is 0. The summed E-state index contributed by atoms with van der Waals surface area (Å²) in [7, 11) is 4.00. The van der Waals surface area contributed by atoms with Crippen LogP contribution in [0.25, 0.3) is 0 Å². The molecule has 0 N–H and O–H groups in total. The van der Waals surface area contributed by atoms with Gasteiger partial charge in [-0.1, -0.05) is 114 Å². The Hall–Kier alpha value is -1.77. The molecule has 0 fully saturated rings. The van der Waals surface area contributed by atoms with Crippen molar-refractivity contribution >= 4 is 5.91 Å². The van der Waals surface area contributed by atoms with Gasteiger partial charge >= 0.3 is 0 Å². The fourth-order valence-electron chi connectivity index (χ4n) is 4.10. The van der Waals surface area contributed by atoms with Crippen molar-refractivity contribution in [3.05, 3.63) is 49.9 Å². The van der Waals surface area contributed by atoms with E-state index in [1.807, 2.05) is 31.5 Å². The van der Waals surface area contributed by atoms with Crippen LogP contribution in [0.1, 0.15) is 122 Å². The Morgan fingerprint density at radius 1 is 0.588 bits per heavy atom. The maximum absolute atomic E-state index is 12.0. The van der Waals surface area contributed by atoms with Gasteiger partial charge in [0, 0.05) is 33.3 Å². The van der Waals surface area contributed by atoms with Crippen LogP contribution in [0.4, 0.5) is 0 Å². The monoisotopic (exact) mass is 472 g/mol.